The molecule has 0 saturated carbocycles. The van der Waals surface area contributed by atoms with Crippen LogP contribution < -0.4 is 5.32 Å². The lowest BCUT2D eigenvalue weighted by atomic mass is 9.99. The summed E-state index contributed by atoms with van der Waals surface area (Å²) in [6, 6.07) is -0.985. The molecule has 0 spiro atoms. The van der Waals surface area contributed by atoms with Gasteiger partial charge in [0.2, 0.25) is 5.91 Å². The summed E-state index contributed by atoms with van der Waals surface area (Å²) in [7, 11) is 0. The Labute approximate surface area is 355 Å². The molecule has 0 heterocycles. The third-order valence-corrected chi connectivity index (χ3v) is 12.2. The van der Waals surface area contributed by atoms with Crippen LogP contribution in [0.4, 0.5) is 0 Å². The molecule has 1 amide bonds. The van der Waals surface area contributed by atoms with Crippen LogP contribution in [0, 0.1) is 0 Å². The van der Waals surface area contributed by atoms with Crippen LogP contribution in [0.2, 0.25) is 0 Å². The first-order chi connectivity index (χ1) is 28.0. The van der Waals surface area contributed by atoms with Crippen molar-refractivity contribution in [3.63, 3.8) is 0 Å². The Balaban J connectivity index is 3.63. The molecule has 0 aromatic rings. The first kappa shape index (κ1) is 56.0. The molecule has 57 heavy (non-hydrogen) atoms. The fourth-order valence-corrected chi connectivity index (χ4v) is 8.17. The predicted octanol–water partition coefficient (Wildman–Crippen LogP) is 14.1. The highest BCUT2D eigenvalue weighted by atomic mass is 16.3. The summed E-state index contributed by atoms with van der Waals surface area (Å²) in [5, 5.41) is 43.9. The minimum absolute atomic E-state index is 0.364. The quantitative estimate of drug-likeness (QED) is 0.0311. The standard InChI is InChI=1S/C51H101NO5/c1-3-5-7-9-11-13-15-17-19-21-22-23-24-25-26-27-28-29-31-32-34-36-38-40-42-44-48(54)50(56)47(46-53)52-51(57)49(55)45-43-41-39-37-35-33-30-20-18-16-14-12-10-8-6-4-2/h18,20,47-50,53-56H,3-17,19,21-46H2,1-2H3,(H,52,57)/b20-18-. The number of allylic oxidation sites excluding steroid dienone is 2. The minimum atomic E-state index is -1.26. The average Bonchev–Trinajstić information content (AvgIpc) is 3.22. The lowest BCUT2D eigenvalue weighted by molar-refractivity contribution is -0.132. The zero-order chi connectivity index (χ0) is 41.7. The Morgan fingerprint density at radius 1 is 0.421 bits per heavy atom. The molecule has 4 unspecified atom stereocenters. The van der Waals surface area contributed by atoms with Crippen molar-refractivity contribution in [3.05, 3.63) is 12.2 Å². The monoisotopic (exact) mass is 808 g/mol. The second-order valence-electron chi connectivity index (χ2n) is 17.9. The molecule has 0 radical (unpaired) electrons. The van der Waals surface area contributed by atoms with E-state index in [0.717, 1.165) is 44.9 Å². The summed E-state index contributed by atoms with van der Waals surface area (Å²) in [6.45, 7) is 4.07. The maximum absolute atomic E-state index is 12.5. The largest absolute Gasteiger partial charge is 0.394 e. The van der Waals surface area contributed by atoms with E-state index in [2.05, 4.69) is 31.3 Å². The van der Waals surface area contributed by atoms with Gasteiger partial charge in [0.25, 0.3) is 0 Å². The molecule has 4 atom stereocenters. The predicted molar refractivity (Wildman–Crippen MR) is 247 cm³/mol. The van der Waals surface area contributed by atoms with Crippen LogP contribution in [0.25, 0.3) is 0 Å². The second kappa shape index (κ2) is 46.1. The molecule has 5 N–H and O–H groups in total. The normalized spacial score (nSPS) is 14.0. The molecule has 0 saturated heterocycles. The molecule has 0 aliphatic heterocycles. The first-order valence-corrected chi connectivity index (χ1v) is 25.6. The molecular weight excluding hydrogens is 707 g/mol. The third kappa shape index (κ3) is 40.2. The topological polar surface area (TPSA) is 110 Å². The summed E-state index contributed by atoms with van der Waals surface area (Å²) in [6.07, 6.45) is 52.6. The van der Waals surface area contributed by atoms with E-state index >= 15 is 0 Å². The summed E-state index contributed by atoms with van der Waals surface area (Å²) >= 11 is 0. The van der Waals surface area contributed by atoms with Gasteiger partial charge in [-0.15, -0.1) is 0 Å². The van der Waals surface area contributed by atoms with Crippen molar-refractivity contribution in [2.24, 2.45) is 0 Å². The van der Waals surface area contributed by atoms with E-state index in [1.54, 1.807) is 0 Å². The van der Waals surface area contributed by atoms with Crippen molar-refractivity contribution in [1.82, 2.24) is 5.32 Å². The van der Waals surface area contributed by atoms with Crippen molar-refractivity contribution in [2.75, 3.05) is 6.61 Å². The van der Waals surface area contributed by atoms with Crippen molar-refractivity contribution < 1.29 is 25.2 Å². The van der Waals surface area contributed by atoms with Crippen LogP contribution >= 0.6 is 0 Å². The molecule has 340 valence electrons. The van der Waals surface area contributed by atoms with E-state index in [-0.39, 0.29) is 0 Å². The van der Waals surface area contributed by atoms with Crippen LogP contribution in [0.3, 0.4) is 0 Å². The second-order valence-corrected chi connectivity index (χ2v) is 17.9. The van der Waals surface area contributed by atoms with Gasteiger partial charge in [0.15, 0.2) is 0 Å². The first-order valence-electron chi connectivity index (χ1n) is 25.6. The highest BCUT2D eigenvalue weighted by Gasteiger charge is 2.28. The van der Waals surface area contributed by atoms with Gasteiger partial charge < -0.3 is 25.7 Å². The van der Waals surface area contributed by atoms with E-state index in [9.17, 15) is 25.2 Å². The number of amides is 1. The zero-order valence-electron chi connectivity index (χ0n) is 38.4. The van der Waals surface area contributed by atoms with E-state index in [0.29, 0.717) is 12.8 Å². The zero-order valence-corrected chi connectivity index (χ0v) is 38.4. The van der Waals surface area contributed by atoms with Gasteiger partial charge >= 0.3 is 0 Å². The molecule has 0 rings (SSSR count). The lowest BCUT2D eigenvalue weighted by Gasteiger charge is -2.27. The minimum Gasteiger partial charge on any atom is -0.394 e. The molecule has 0 aromatic heterocycles. The summed E-state index contributed by atoms with van der Waals surface area (Å²) in [4.78, 5) is 12.5. The number of carbonyl (C=O) groups is 1. The van der Waals surface area contributed by atoms with Crippen LogP contribution in [-0.4, -0.2) is 57.3 Å². The molecule has 6 nitrogen and oxygen atoms in total. The fourth-order valence-electron chi connectivity index (χ4n) is 8.17. The molecule has 0 bridgehead atoms. The van der Waals surface area contributed by atoms with Crippen LogP contribution in [0.15, 0.2) is 12.2 Å². The van der Waals surface area contributed by atoms with Gasteiger partial charge in [-0.25, -0.2) is 0 Å². The average molecular weight is 808 g/mol. The Morgan fingerprint density at radius 2 is 0.702 bits per heavy atom. The number of nitrogens with one attached hydrogen (secondary N) is 1. The van der Waals surface area contributed by atoms with Gasteiger partial charge in [-0.1, -0.05) is 251 Å². The van der Waals surface area contributed by atoms with Crippen LogP contribution in [-0.2, 0) is 4.79 Å². The number of hydrogen-bond acceptors (Lipinski definition) is 5. The molecule has 6 heteroatoms. The van der Waals surface area contributed by atoms with Crippen LogP contribution in [0.5, 0.6) is 0 Å². The number of unbranched alkanes of at least 4 members (excludes halogenated alkanes) is 36. The highest BCUT2D eigenvalue weighted by molar-refractivity contribution is 5.80. The maximum Gasteiger partial charge on any atom is 0.249 e. The maximum atomic E-state index is 12.5. The Bertz CT molecular complexity index is 821. The number of rotatable bonds is 47. The van der Waals surface area contributed by atoms with E-state index in [4.69, 9.17) is 0 Å². The molecule has 0 aromatic carbocycles. The molecule has 0 aliphatic rings. The number of aliphatic hydroxyl groups excluding tert-OH is 4. The summed E-state index contributed by atoms with van der Waals surface area (Å²) in [5.74, 6) is -0.585. The highest BCUT2D eigenvalue weighted by Crippen LogP contribution is 2.18. The number of carbonyl (C=O) groups excluding carboxylic acids is 1. The van der Waals surface area contributed by atoms with Gasteiger partial charge in [0.1, 0.15) is 12.2 Å². The van der Waals surface area contributed by atoms with E-state index in [1.807, 2.05) is 0 Å². The fraction of sp³-hybridized carbons (Fsp3) is 0.941. The van der Waals surface area contributed by atoms with Gasteiger partial charge in [0, 0.05) is 0 Å². The van der Waals surface area contributed by atoms with E-state index < -0.39 is 36.9 Å². The van der Waals surface area contributed by atoms with Crippen LogP contribution in [0.1, 0.15) is 277 Å². The Kier molecular flexibility index (Phi) is 45.4. The Hall–Kier alpha value is -0.950. The van der Waals surface area contributed by atoms with Gasteiger partial charge in [-0.3, -0.25) is 4.79 Å². The number of hydrogen-bond donors (Lipinski definition) is 5. The van der Waals surface area contributed by atoms with Crippen molar-refractivity contribution in [3.8, 4) is 0 Å². The number of aliphatic hydroxyl groups is 4. The van der Waals surface area contributed by atoms with Crippen molar-refractivity contribution in [2.45, 2.75) is 301 Å². The third-order valence-electron chi connectivity index (χ3n) is 12.2. The smallest absolute Gasteiger partial charge is 0.249 e. The SMILES string of the molecule is CCCCCCCC/C=C\CCCCCCCCC(O)C(=O)NC(CO)C(O)C(O)CCCCCCCCCCCCCCCCCCCCCCCCCCC. The lowest BCUT2D eigenvalue weighted by Crippen LogP contribution is -2.53. The van der Waals surface area contributed by atoms with Gasteiger partial charge in [0.05, 0.1) is 18.8 Å². The van der Waals surface area contributed by atoms with Gasteiger partial charge in [-0.05, 0) is 38.5 Å². The summed E-state index contributed by atoms with van der Waals surface area (Å²) in [5.41, 5.74) is 0. The molecule has 0 aliphatic carbocycles. The summed E-state index contributed by atoms with van der Waals surface area (Å²) < 4.78 is 0. The van der Waals surface area contributed by atoms with E-state index in [1.165, 1.54) is 205 Å². The Morgan fingerprint density at radius 3 is 1.02 bits per heavy atom. The molecular formula is C51H101NO5. The van der Waals surface area contributed by atoms with Crippen molar-refractivity contribution >= 4 is 5.91 Å². The van der Waals surface area contributed by atoms with Crippen molar-refractivity contribution in [1.29, 1.82) is 0 Å². The van der Waals surface area contributed by atoms with Gasteiger partial charge in [-0.2, -0.15) is 0 Å². The molecule has 0 fully saturated rings.